The summed E-state index contributed by atoms with van der Waals surface area (Å²) in [5.41, 5.74) is 8.65. The number of nitro benzene ring substituents is 1. The molecule has 8 nitrogen and oxygen atoms in total. The molecule has 2 aromatic carbocycles. The fourth-order valence-electron chi connectivity index (χ4n) is 3.66. The summed E-state index contributed by atoms with van der Waals surface area (Å²) in [5.74, 6) is -0.406. The molecule has 1 aliphatic rings. The molecule has 1 heterocycles. The monoisotopic (exact) mass is 391 g/mol. The van der Waals surface area contributed by atoms with Crippen LogP contribution in [0.1, 0.15) is 41.0 Å². The van der Waals surface area contributed by atoms with E-state index in [1.165, 1.54) is 6.07 Å². The van der Waals surface area contributed by atoms with E-state index in [0.29, 0.717) is 5.69 Å². The molecule has 1 aromatic heterocycles. The topological polar surface area (TPSA) is 102 Å². The lowest BCUT2D eigenvalue weighted by Crippen LogP contribution is -2.30. The molecule has 0 bridgehead atoms. The summed E-state index contributed by atoms with van der Waals surface area (Å²) in [7, 11) is 0. The first-order valence-electron chi connectivity index (χ1n) is 9.61. The molecule has 3 aromatic rings. The first-order chi connectivity index (χ1) is 14.1. The van der Waals surface area contributed by atoms with Crippen molar-refractivity contribution < 1.29 is 9.72 Å². The molecule has 0 saturated heterocycles. The van der Waals surface area contributed by atoms with Crippen LogP contribution in [-0.2, 0) is 12.8 Å². The van der Waals surface area contributed by atoms with E-state index >= 15 is 0 Å². The van der Waals surface area contributed by atoms with Crippen molar-refractivity contribution in [3.8, 4) is 5.69 Å². The van der Waals surface area contributed by atoms with Gasteiger partial charge in [0.05, 0.1) is 10.6 Å². The number of nitrogens with one attached hydrogen (secondary N) is 2. The van der Waals surface area contributed by atoms with Crippen molar-refractivity contribution in [2.45, 2.75) is 32.1 Å². The van der Waals surface area contributed by atoms with E-state index in [1.807, 2.05) is 35.0 Å². The fourth-order valence-corrected chi connectivity index (χ4v) is 3.66. The van der Waals surface area contributed by atoms with Gasteiger partial charge in [0.15, 0.2) is 5.69 Å². The highest BCUT2D eigenvalue weighted by Gasteiger charge is 2.25. The van der Waals surface area contributed by atoms with E-state index in [1.54, 1.807) is 18.2 Å². The minimum absolute atomic E-state index is 0.110. The SMILES string of the molecule is O=C(NNc1ccccc1[N+](=O)[O-])c1nn(-c2ccccc2)c2c1CCCCC2. The highest BCUT2D eigenvalue weighted by molar-refractivity contribution is 5.95. The third-order valence-corrected chi connectivity index (χ3v) is 5.06. The molecule has 0 fully saturated rings. The van der Waals surface area contributed by atoms with Crippen LogP contribution in [0.4, 0.5) is 11.4 Å². The highest BCUT2D eigenvalue weighted by Crippen LogP contribution is 2.27. The Kier molecular flexibility index (Phi) is 5.24. The molecule has 0 radical (unpaired) electrons. The molecule has 1 amide bonds. The lowest BCUT2D eigenvalue weighted by atomic mass is 10.1. The fraction of sp³-hybridized carbons (Fsp3) is 0.238. The number of amides is 1. The molecule has 0 spiro atoms. The van der Waals surface area contributed by atoms with Crippen LogP contribution in [0.15, 0.2) is 54.6 Å². The molecule has 0 saturated carbocycles. The third-order valence-electron chi connectivity index (χ3n) is 5.06. The maximum absolute atomic E-state index is 12.9. The Hall–Kier alpha value is -3.68. The molecular formula is C21H21N5O3. The summed E-state index contributed by atoms with van der Waals surface area (Å²) in [6.45, 7) is 0. The van der Waals surface area contributed by atoms with Crippen molar-refractivity contribution in [3.63, 3.8) is 0 Å². The number of nitrogens with zero attached hydrogens (tertiary/aromatic N) is 3. The maximum atomic E-state index is 12.9. The molecule has 4 rings (SSSR count). The van der Waals surface area contributed by atoms with Gasteiger partial charge in [-0.1, -0.05) is 36.8 Å². The second-order valence-corrected chi connectivity index (χ2v) is 6.94. The number of nitro groups is 1. The summed E-state index contributed by atoms with van der Waals surface area (Å²) in [6.07, 6.45) is 4.82. The summed E-state index contributed by atoms with van der Waals surface area (Å²) in [4.78, 5) is 23.6. The zero-order valence-electron chi connectivity index (χ0n) is 15.8. The number of anilines is 1. The van der Waals surface area contributed by atoms with Crippen LogP contribution in [0, 0.1) is 10.1 Å². The van der Waals surface area contributed by atoms with Gasteiger partial charge in [-0.25, -0.2) is 4.68 Å². The number of aromatic nitrogens is 2. The zero-order valence-corrected chi connectivity index (χ0v) is 15.8. The molecule has 1 aliphatic carbocycles. The minimum atomic E-state index is -0.495. The average molecular weight is 391 g/mol. The number of hydrogen-bond donors (Lipinski definition) is 2. The van der Waals surface area contributed by atoms with Crippen LogP contribution in [0.2, 0.25) is 0 Å². The van der Waals surface area contributed by atoms with Crippen molar-refractivity contribution in [3.05, 3.63) is 81.7 Å². The largest absolute Gasteiger partial charge is 0.294 e. The van der Waals surface area contributed by atoms with Gasteiger partial charge >= 0.3 is 0 Å². The Morgan fingerprint density at radius 1 is 1.00 bits per heavy atom. The van der Waals surface area contributed by atoms with E-state index in [0.717, 1.165) is 49.0 Å². The van der Waals surface area contributed by atoms with Crippen LogP contribution in [0.5, 0.6) is 0 Å². The second kappa shape index (κ2) is 8.14. The molecule has 29 heavy (non-hydrogen) atoms. The zero-order chi connectivity index (χ0) is 20.2. The van der Waals surface area contributed by atoms with E-state index in [2.05, 4.69) is 16.0 Å². The lowest BCUT2D eigenvalue weighted by Gasteiger charge is -2.08. The normalized spacial score (nSPS) is 13.2. The van der Waals surface area contributed by atoms with Crippen molar-refractivity contribution in [2.24, 2.45) is 0 Å². The van der Waals surface area contributed by atoms with Crippen LogP contribution in [0.25, 0.3) is 5.69 Å². The second-order valence-electron chi connectivity index (χ2n) is 6.94. The third kappa shape index (κ3) is 3.82. The number of benzene rings is 2. The average Bonchev–Trinajstić information content (AvgIpc) is 2.94. The Morgan fingerprint density at radius 2 is 1.72 bits per heavy atom. The van der Waals surface area contributed by atoms with E-state index in [9.17, 15) is 14.9 Å². The first kappa shape index (κ1) is 18.7. The van der Waals surface area contributed by atoms with Crippen LogP contribution in [-0.4, -0.2) is 20.6 Å². The van der Waals surface area contributed by atoms with Gasteiger partial charge < -0.3 is 0 Å². The summed E-state index contributed by atoms with van der Waals surface area (Å²) in [5, 5.41) is 15.8. The molecule has 0 atom stereocenters. The molecular weight excluding hydrogens is 370 g/mol. The van der Waals surface area contributed by atoms with Gasteiger partial charge in [0.25, 0.3) is 11.6 Å². The standard InChI is InChI=1S/C21H21N5O3/c27-21(23-22-17-12-7-8-14-19(17)26(28)29)20-16-11-5-2-6-13-18(16)25(24-20)15-9-3-1-4-10-15/h1,3-4,7-10,12,14,22H,2,5-6,11,13H2,(H,23,27). The summed E-state index contributed by atoms with van der Waals surface area (Å²) >= 11 is 0. The van der Waals surface area contributed by atoms with Gasteiger partial charge in [-0.05, 0) is 43.9 Å². The number of carbonyl (C=O) groups is 1. The number of para-hydroxylation sites is 3. The number of carbonyl (C=O) groups excluding carboxylic acids is 1. The van der Waals surface area contributed by atoms with Gasteiger partial charge in [-0.3, -0.25) is 25.8 Å². The number of fused-ring (bicyclic) bond motifs is 1. The summed E-state index contributed by atoms with van der Waals surface area (Å²) < 4.78 is 1.85. The maximum Gasteiger partial charge on any atom is 0.294 e. The Morgan fingerprint density at radius 3 is 2.52 bits per heavy atom. The molecule has 8 heteroatoms. The van der Waals surface area contributed by atoms with Crippen molar-refractivity contribution in [2.75, 3.05) is 5.43 Å². The summed E-state index contributed by atoms with van der Waals surface area (Å²) in [6, 6.07) is 15.9. The Labute approximate surface area is 167 Å². The molecule has 2 N–H and O–H groups in total. The van der Waals surface area contributed by atoms with Crippen molar-refractivity contribution in [1.82, 2.24) is 15.2 Å². The van der Waals surface area contributed by atoms with Gasteiger partial charge in [0, 0.05) is 17.3 Å². The lowest BCUT2D eigenvalue weighted by molar-refractivity contribution is -0.384. The van der Waals surface area contributed by atoms with Gasteiger partial charge in [0.1, 0.15) is 5.69 Å². The first-order valence-corrected chi connectivity index (χ1v) is 9.61. The van der Waals surface area contributed by atoms with Crippen LogP contribution < -0.4 is 10.9 Å². The van der Waals surface area contributed by atoms with E-state index in [-0.39, 0.29) is 11.4 Å². The Bertz CT molecular complexity index is 1050. The molecule has 0 aliphatic heterocycles. The number of rotatable bonds is 5. The minimum Gasteiger partial charge on any atom is -0.292 e. The van der Waals surface area contributed by atoms with Gasteiger partial charge in [-0.15, -0.1) is 0 Å². The van der Waals surface area contributed by atoms with Gasteiger partial charge in [0.2, 0.25) is 0 Å². The number of hydrogen-bond acceptors (Lipinski definition) is 5. The quantitative estimate of drug-likeness (QED) is 0.391. The highest BCUT2D eigenvalue weighted by atomic mass is 16.6. The van der Waals surface area contributed by atoms with Gasteiger partial charge in [-0.2, -0.15) is 5.10 Å². The molecule has 0 unspecified atom stereocenters. The predicted octanol–water partition coefficient (Wildman–Crippen LogP) is 3.81. The van der Waals surface area contributed by atoms with E-state index in [4.69, 9.17) is 0 Å². The number of hydrazine groups is 1. The van der Waals surface area contributed by atoms with Crippen molar-refractivity contribution >= 4 is 17.3 Å². The van der Waals surface area contributed by atoms with Crippen LogP contribution >= 0.6 is 0 Å². The predicted molar refractivity (Wildman–Crippen MR) is 109 cm³/mol. The van der Waals surface area contributed by atoms with E-state index < -0.39 is 10.8 Å². The molecule has 148 valence electrons. The van der Waals surface area contributed by atoms with Crippen LogP contribution in [0.3, 0.4) is 0 Å². The van der Waals surface area contributed by atoms with Crippen molar-refractivity contribution in [1.29, 1.82) is 0 Å². The Balaban J connectivity index is 1.64. The smallest absolute Gasteiger partial charge is 0.292 e.